The van der Waals surface area contributed by atoms with Crippen molar-refractivity contribution >= 4 is 0 Å². The van der Waals surface area contributed by atoms with Crippen molar-refractivity contribution in [2.45, 2.75) is 58.8 Å². The number of hydrogen-bond acceptors (Lipinski definition) is 2. The van der Waals surface area contributed by atoms with Crippen LogP contribution in [-0.2, 0) is 6.42 Å². The van der Waals surface area contributed by atoms with Crippen molar-refractivity contribution in [2.75, 3.05) is 26.2 Å². The number of likely N-dealkylation sites (tertiary alicyclic amines) is 1. The fourth-order valence-corrected chi connectivity index (χ4v) is 3.00. The van der Waals surface area contributed by atoms with Crippen LogP contribution in [-0.4, -0.2) is 31.1 Å². The molecule has 1 aliphatic heterocycles. The van der Waals surface area contributed by atoms with Crippen molar-refractivity contribution in [3.8, 4) is 5.75 Å². The molecule has 2 nitrogen and oxygen atoms in total. The number of unbranched alkanes of at least 4 members (excludes halogenated alkanes) is 2. The summed E-state index contributed by atoms with van der Waals surface area (Å²) in [6.45, 7) is 9.08. The van der Waals surface area contributed by atoms with Crippen LogP contribution in [0.3, 0.4) is 0 Å². The molecule has 0 bridgehead atoms. The Morgan fingerprint density at radius 2 is 1.90 bits per heavy atom. The second-order valence-electron chi connectivity index (χ2n) is 6.31. The van der Waals surface area contributed by atoms with Crippen LogP contribution in [0.2, 0.25) is 0 Å². The van der Waals surface area contributed by atoms with Gasteiger partial charge in [-0.2, -0.15) is 0 Å². The van der Waals surface area contributed by atoms with Gasteiger partial charge < -0.3 is 9.64 Å². The molecule has 0 radical (unpaired) electrons. The lowest BCUT2D eigenvalue weighted by Crippen LogP contribution is -2.20. The molecule has 2 rings (SSSR count). The van der Waals surface area contributed by atoms with Crippen molar-refractivity contribution in [3.05, 3.63) is 29.3 Å². The van der Waals surface area contributed by atoms with E-state index in [-0.39, 0.29) is 0 Å². The number of hydrogen-bond donors (Lipinski definition) is 0. The standard InChI is InChI=1S/C19H31NO/c1-3-4-7-15-21-19-16-18(11-10-17(19)2)9-8-14-20-12-5-6-13-20/h10-11,16H,3-9,12-15H2,1-2H3. The smallest absolute Gasteiger partial charge is 0.122 e. The summed E-state index contributed by atoms with van der Waals surface area (Å²) in [6.07, 6.45) is 8.88. The maximum Gasteiger partial charge on any atom is 0.122 e. The fourth-order valence-electron chi connectivity index (χ4n) is 3.00. The summed E-state index contributed by atoms with van der Waals surface area (Å²) in [5, 5.41) is 0. The summed E-state index contributed by atoms with van der Waals surface area (Å²) >= 11 is 0. The van der Waals surface area contributed by atoms with E-state index in [1.807, 2.05) is 0 Å². The second-order valence-corrected chi connectivity index (χ2v) is 6.31. The van der Waals surface area contributed by atoms with E-state index in [9.17, 15) is 0 Å². The Morgan fingerprint density at radius 1 is 1.10 bits per heavy atom. The van der Waals surface area contributed by atoms with Gasteiger partial charge in [0.25, 0.3) is 0 Å². The largest absolute Gasteiger partial charge is 0.493 e. The van der Waals surface area contributed by atoms with Crippen LogP contribution in [0.1, 0.15) is 56.6 Å². The predicted octanol–water partition coefficient (Wildman–Crippen LogP) is 4.59. The third-order valence-corrected chi connectivity index (χ3v) is 4.40. The number of aryl methyl sites for hydroxylation is 2. The summed E-state index contributed by atoms with van der Waals surface area (Å²) in [5.74, 6) is 1.09. The maximum atomic E-state index is 5.95. The Morgan fingerprint density at radius 3 is 2.67 bits per heavy atom. The summed E-state index contributed by atoms with van der Waals surface area (Å²) in [6, 6.07) is 6.73. The summed E-state index contributed by atoms with van der Waals surface area (Å²) in [4.78, 5) is 2.59. The first kappa shape index (κ1) is 16.4. The SMILES string of the molecule is CCCCCOc1cc(CCCN2CCCC2)ccc1C. The average Bonchev–Trinajstić information content (AvgIpc) is 3.00. The monoisotopic (exact) mass is 289 g/mol. The lowest BCUT2D eigenvalue weighted by Gasteiger charge is -2.15. The quantitative estimate of drug-likeness (QED) is 0.616. The van der Waals surface area contributed by atoms with Gasteiger partial charge >= 0.3 is 0 Å². The maximum absolute atomic E-state index is 5.95. The molecule has 0 unspecified atom stereocenters. The zero-order chi connectivity index (χ0) is 14.9. The lowest BCUT2D eigenvalue weighted by molar-refractivity contribution is 0.304. The molecule has 1 saturated heterocycles. The highest BCUT2D eigenvalue weighted by atomic mass is 16.5. The normalized spacial score (nSPS) is 15.5. The molecule has 0 spiro atoms. The first-order valence-corrected chi connectivity index (χ1v) is 8.74. The topological polar surface area (TPSA) is 12.5 Å². The van der Waals surface area contributed by atoms with E-state index in [2.05, 4.69) is 36.9 Å². The lowest BCUT2D eigenvalue weighted by atomic mass is 10.1. The predicted molar refractivity (Wildman–Crippen MR) is 90.2 cm³/mol. The van der Waals surface area contributed by atoms with Crippen LogP contribution in [0.25, 0.3) is 0 Å². The number of rotatable bonds is 9. The third kappa shape index (κ3) is 5.70. The minimum Gasteiger partial charge on any atom is -0.493 e. The fraction of sp³-hybridized carbons (Fsp3) is 0.684. The molecule has 21 heavy (non-hydrogen) atoms. The summed E-state index contributed by atoms with van der Waals surface area (Å²) in [5.41, 5.74) is 2.68. The molecule has 1 aromatic rings. The summed E-state index contributed by atoms with van der Waals surface area (Å²) < 4.78 is 5.95. The van der Waals surface area contributed by atoms with E-state index in [0.29, 0.717) is 0 Å². The van der Waals surface area contributed by atoms with Gasteiger partial charge in [-0.15, -0.1) is 0 Å². The molecule has 1 aromatic carbocycles. The van der Waals surface area contributed by atoms with Crippen LogP contribution in [0.5, 0.6) is 5.75 Å². The van der Waals surface area contributed by atoms with Crippen LogP contribution in [0, 0.1) is 6.92 Å². The Bertz CT molecular complexity index is 410. The molecule has 2 heteroatoms. The Hall–Kier alpha value is -1.02. The van der Waals surface area contributed by atoms with Gasteiger partial charge in [-0.05, 0) is 75.9 Å². The van der Waals surface area contributed by atoms with E-state index >= 15 is 0 Å². The van der Waals surface area contributed by atoms with E-state index in [0.717, 1.165) is 18.8 Å². The average molecular weight is 289 g/mol. The van der Waals surface area contributed by atoms with E-state index in [1.54, 1.807) is 0 Å². The third-order valence-electron chi connectivity index (χ3n) is 4.40. The van der Waals surface area contributed by atoms with E-state index in [1.165, 1.54) is 69.3 Å². The molecular formula is C19H31NO. The molecule has 1 fully saturated rings. The minimum atomic E-state index is 0.853. The van der Waals surface area contributed by atoms with Crippen LogP contribution < -0.4 is 4.74 Å². The molecule has 0 aromatic heterocycles. The molecule has 0 saturated carbocycles. The van der Waals surface area contributed by atoms with E-state index in [4.69, 9.17) is 4.74 Å². The molecule has 118 valence electrons. The highest BCUT2D eigenvalue weighted by Crippen LogP contribution is 2.21. The molecule has 1 heterocycles. The van der Waals surface area contributed by atoms with Gasteiger partial charge in [-0.3, -0.25) is 0 Å². The van der Waals surface area contributed by atoms with Crippen molar-refractivity contribution in [3.63, 3.8) is 0 Å². The molecule has 0 aliphatic carbocycles. The van der Waals surface area contributed by atoms with Crippen molar-refractivity contribution in [1.29, 1.82) is 0 Å². The summed E-state index contributed by atoms with van der Waals surface area (Å²) in [7, 11) is 0. The zero-order valence-corrected chi connectivity index (χ0v) is 13.9. The van der Waals surface area contributed by atoms with Crippen LogP contribution in [0.4, 0.5) is 0 Å². The molecule has 0 N–H and O–H groups in total. The van der Waals surface area contributed by atoms with Crippen molar-refractivity contribution in [1.82, 2.24) is 4.90 Å². The van der Waals surface area contributed by atoms with Gasteiger partial charge in [0.1, 0.15) is 5.75 Å². The Balaban J connectivity index is 1.76. The highest BCUT2D eigenvalue weighted by Gasteiger charge is 2.10. The number of benzene rings is 1. The van der Waals surface area contributed by atoms with Gasteiger partial charge in [-0.25, -0.2) is 0 Å². The van der Waals surface area contributed by atoms with Gasteiger partial charge in [0.2, 0.25) is 0 Å². The molecule has 0 atom stereocenters. The Labute approximate surface area is 130 Å². The van der Waals surface area contributed by atoms with Crippen LogP contribution in [0.15, 0.2) is 18.2 Å². The van der Waals surface area contributed by atoms with Gasteiger partial charge in [0.15, 0.2) is 0 Å². The minimum absolute atomic E-state index is 0.853. The zero-order valence-electron chi connectivity index (χ0n) is 13.9. The number of nitrogens with zero attached hydrogens (tertiary/aromatic N) is 1. The molecular weight excluding hydrogens is 258 g/mol. The molecule has 1 aliphatic rings. The Kier molecular flexibility index (Phi) is 7.08. The van der Waals surface area contributed by atoms with E-state index < -0.39 is 0 Å². The van der Waals surface area contributed by atoms with Gasteiger partial charge in [0.05, 0.1) is 6.61 Å². The van der Waals surface area contributed by atoms with Gasteiger partial charge in [-0.1, -0.05) is 31.9 Å². The number of ether oxygens (including phenoxy) is 1. The highest BCUT2D eigenvalue weighted by molar-refractivity contribution is 5.36. The first-order chi connectivity index (χ1) is 10.3. The van der Waals surface area contributed by atoms with Crippen molar-refractivity contribution in [2.24, 2.45) is 0 Å². The first-order valence-electron chi connectivity index (χ1n) is 8.74. The van der Waals surface area contributed by atoms with Crippen LogP contribution >= 0.6 is 0 Å². The van der Waals surface area contributed by atoms with Crippen molar-refractivity contribution < 1.29 is 4.74 Å². The van der Waals surface area contributed by atoms with Gasteiger partial charge in [0, 0.05) is 0 Å². The second kappa shape index (κ2) is 9.09. The molecule has 0 amide bonds.